The first-order chi connectivity index (χ1) is 9.74. The third-order valence-corrected chi connectivity index (χ3v) is 3.83. The zero-order chi connectivity index (χ0) is 13.9. The molecule has 0 amide bonds. The van der Waals surface area contributed by atoms with Crippen LogP contribution in [0.25, 0.3) is 0 Å². The van der Waals surface area contributed by atoms with Crippen LogP contribution in [0, 0.1) is 0 Å². The fourth-order valence-corrected chi connectivity index (χ4v) is 2.72. The molecule has 1 aromatic carbocycles. The number of aromatic nitrogens is 1. The summed E-state index contributed by atoms with van der Waals surface area (Å²) >= 11 is 0. The highest BCUT2D eigenvalue weighted by Gasteiger charge is 2.13. The van der Waals surface area contributed by atoms with Gasteiger partial charge in [0.05, 0.1) is 0 Å². The second-order valence-electron chi connectivity index (χ2n) is 5.43. The molecule has 1 heterocycles. The summed E-state index contributed by atoms with van der Waals surface area (Å²) in [5.41, 5.74) is 9.76. The van der Waals surface area contributed by atoms with E-state index < -0.39 is 0 Å². The van der Waals surface area contributed by atoms with E-state index in [4.69, 9.17) is 10.5 Å². The number of hydrogen-bond donors (Lipinski definition) is 1. The monoisotopic (exact) mass is 268 g/mol. The van der Waals surface area contributed by atoms with Crippen molar-refractivity contribution in [3.05, 3.63) is 53.2 Å². The summed E-state index contributed by atoms with van der Waals surface area (Å²) in [5.74, 6) is 1.46. The molecular weight excluding hydrogens is 248 g/mol. The van der Waals surface area contributed by atoms with E-state index in [9.17, 15) is 0 Å². The Morgan fingerprint density at radius 1 is 1.15 bits per heavy atom. The van der Waals surface area contributed by atoms with Crippen molar-refractivity contribution in [2.24, 2.45) is 5.73 Å². The Morgan fingerprint density at radius 3 is 2.75 bits per heavy atom. The van der Waals surface area contributed by atoms with Crippen molar-refractivity contribution in [1.29, 1.82) is 0 Å². The molecule has 3 heteroatoms. The normalized spacial score (nSPS) is 15.5. The Kier molecular flexibility index (Phi) is 3.70. The molecule has 20 heavy (non-hydrogen) atoms. The van der Waals surface area contributed by atoms with Crippen LogP contribution in [0.1, 0.15) is 42.5 Å². The Morgan fingerprint density at radius 2 is 1.95 bits per heavy atom. The lowest BCUT2D eigenvalue weighted by molar-refractivity contribution is 0.450. The first-order valence-corrected chi connectivity index (χ1v) is 7.24. The van der Waals surface area contributed by atoms with Gasteiger partial charge in [-0.3, -0.25) is 0 Å². The van der Waals surface area contributed by atoms with Crippen molar-refractivity contribution >= 4 is 0 Å². The minimum Gasteiger partial charge on any atom is -0.439 e. The van der Waals surface area contributed by atoms with Crippen LogP contribution in [0.5, 0.6) is 11.6 Å². The number of rotatable bonds is 3. The summed E-state index contributed by atoms with van der Waals surface area (Å²) in [6.45, 7) is 1.94. The summed E-state index contributed by atoms with van der Waals surface area (Å²) in [7, 11) is 0. The Balaban J connectivity index is 1.88. The molecular formula is C17H20N2O. The van der Waals surface area contributed by atoms with Crippen molar-refractivity contribution in [1.82, 2.24) is 4.98 Å². The van der Waals surface area contributed by atoms with Crippen LogP contribution in [0.15, 0.2) is 36.5 Å². The summed E-state index contributed by atoms with van der Waals surface area (Å²) in [6, 6.07) is 10.1. The molecule has 0 fully saturated rings. The summed E-state index contributed by atoms with van der Waals surface area (Å²) in [5, 5.41) is 0. The SMILES string of the molecule is C[C@@H](N)c1cccnc1Oc1ccc2c(c1)CCCC2. The first-order valence-electron chi connectivity index (χ1n) is 7.24. The van der Waals surface area contributed by atoms with Crippen molar-refractivity contribution in [3.8, 4) is 11.6 Å². The van der Waals surface area contributed by atoms with Crippen molar-refractivity contribution in [2.45, 2.75) is 38.6 Å². The molecule has 0 radical (unpaired) electrons. The summed E-state index contributed by atoms with van der Waals surface area (Å²) in [4.78, 5) is 4.31. The smallest absolute Gasteiger partial charge is 0.223 e. The Hall–Kier alpha value is -1.87. The lowest BCUT2D eigenvalue weighted by Gasteiger charge is -2.17. The molecule has 1 aliphatic rings. The minimum absolute atomic E-state index is 0.0867. The fraction of sp³-hybridized carbons (Fsp3) is 0.353. The van der Waals surface area contributed by atoms with Gasteiger partial charge in [0.2, 0.25) is 5.88 Å². The molecule has 1 atom stereocenters. The third kappa shape index (κ3) is 2.68. The van der Waals surface area contributed by atoms with Gasteiger partial charge >= 0.3 is 0 Å². The molecule has 0 saturated carbocycles. The minimum atomic E-state index is -0.0867. The number of pyridine rings is 1. The molecule has 104 valence electrons. The highest BCUT2D eigenvalue weighted by Crippen LogP contribution is 2.30. The van der Waals surface area contributed by atoms with E-state index in [1.54, 1.807) is 6.20 Å². The predicted octanol–water partition coefficient (Wildman–Crippen LogP) is 3.77. The van der Waals surface area contributed by atoms with Crippen molar-refractivity contribution in [3.63, 3.8) is 0 Å². The largest absolute Gasteiger partial charge is 0.439 e. The van der Waals surface area contributed by atoms with Crippen LogP contribution in [-0.2, 0) is 12.8 Å². The number of ether oxygens (including phenoxy) is 1. The Bertz CT molecular complexity index is 608. The van der Waals surface area contributed by atoms with Gasteiger partial charge < -0.3 is 10.5 Å². The standard InChI is InChI=1S/C17H20N2O/c1-12(18)16-7-4-10-19-17(16)20-15-9-8-13-5-2-3-6-14(13)11-15/h4,7-12H,2-3,5-6,18H2,1H3/t12-/m1/s1. The van der Waals surface area contributed by atoms with Gasteiger partial charge in [-0.1, -0.05) is 12.1 Å². The van der Waals surface area contributed by atoms with Crippen LogP contribution in [0.3, 0.4) is 0 Å². The molecule has 1 aliphatic carbocycles. The zero-order valence-corrected chi connectivity index (χ0v) is 11.8. The molecule has 0 unspecified atom stereocenters. The van der Waals surface area contributed by atoms with E-state index in [0.29, 0.717) is 5.88 Å². The predicted molar refractivity (Wildman–Crippen MR) is 80.0 cm³/mol. The van der Waals surface area contributed by atoms with Gasteiger partial charge in [0.1, 0.15) is 5.75 Å². The van der Waals surface area contributed by atoms with Crippen molar-refractivity contribution < 1.29 is 4.74 Å². The number of aryl methyl sites for hydroxylation is 2. The molecule has 2 aromatic rings. The second-order valence-corrected chi connectivity index (χ2v) is 5.43. The zero-order valence-electron chi connectivity index (χ0n) is 11.8. The number of hydrogen-bond acceptors (Lipinski definition) is 3. The van der Waals surface area contributed by atoms with E-state index in [-0.39, 0.29) is 6.04 Å². The average molecular weight is 268 g/mol. The molecule has 1 aromatic heterocycles. The second kappa shape index (κ2) is 5.63. The molecule has 3 rings (SSSR count). The first kappa shape index (κ1) is 13.1. The fourth-order valence-electron chi connectivity index (χ4n) is 2.72. The van der Waals surface area contributed by atoms with Crippen LogP contribution < -0.4 is 10.5 Å². The number of nitrogens with zero attached hydrogens (tertiary/aromatic N) is 1. The van der Waals surface area contributed by atoms with Crippen LogP contribution in [-0.4, -0.2) is 4.98 Å². The van der Waals surface area contributed by atoms with Crippen LogP contribution in [0.2, 0.25) is 0 Å². The van der Waals surface area contributed by atoms with Gasteiger partial charge in [0.15, 0.2) is 0 Å². The number of fused-ring (bicyclic) bond motifs is 1. The molecule has 0 aliphatic heterocycles. The Labute approximate surface area is 119 Å². The lowest BCUT2D eigenvalue weighted by Crippen LogP contribution is -2.08. The van der Waals surface area contributed by atoms with E-state index in [2.05, 4.69) is 17.1 Å². The highest BCUT2D eigenvalue weighted by atomic mass is 16.5. The van der Waals surface area contributed by atoms with Gasteiger partial charge in [0, 0.05) is 17.8 Å². The third-order valence-electron chi connectivity index (χ3n) is 3.83. The quantitative estimate of drug-likeness (QED) is 0.921. The topological polar surface area (TPSA) is 48.1 Å². The lowest BCUT2D eigenvalue weighted by atomic mass is 9.92. The molecule has 0 saturated heterocycles. The van der Waals surface area contributed by atoms with Crippen molar-refractivity contribution in [2.75, 3.05) is 0 Å². The summed E-state index contributed by atoms with van der Waals surface area (Å²) in [6.07, 6.45) is 6.63. The molecule has 3 nitrogen and oxygen atoms in total. The number of nitrogens with two attached hydrogens (primary N) is 1. The van der Waals surface area contributed by atoms with E-state index >= 15 is 0 Å². The average Bonchev–Trinajstić information content (AvgIpc) is 2.47. The maximum atomic E-state index is 5.96. The number of benzene rings is 1. The van der Waals surface area contributed by atoms with Gasteiger partial charge in [-0.2, -0.15) is 0 Å². The molecule has 0 bridgehead atoms. The van der Waals surface area contributed by atoms with Gasteiger partial charge in [0.25, 0.3) is 0 Å². The maximum absolute atomic E-state index is 5.96. The van der Waals surface area contributed by atoms with Crippen LogP contribution in [0.4, 0.5) is 0 Å². The van der Waals surface area contributed by atoms with E-state index in [0.717, 1.165) is 17.7 Å². The van der Waals surface area contributed by atoms with Gasteiger partial charge in [-0.05, 0) is 61.9 Å². The van der Waals surface area contributed by atoms with E-state index in [1.165, 1.54) is 30.4 Å². The van der Waals surface area contributed by atoms with Gasteiger partial charge in [-0.15, -0.1) is 0 Å². The van der Waals surface area contributed by atoms with Gasteiger partial charge in [-0.25, -0.2) is 4.98 Å². The maximum Gasteiger partial charge on any atom is 0.223 e. The molecule has 2 N–H and O–H groups in total. The summed E-state index contributed by atoms with van der Waals surface area (Å²) < 4.78 is 5.95. The van der Waals surface area contributed by atoms with Crippen LogP contribution >= 0.6 is 0 Å². The van der Waals surface area contributed by atoms with E-state index in [1.807, 2.05) is 25.1 Å². The highest BCUT2D eigenvalue weighted by molar-refractivity contribution is 5.40. The molecule has 0 spiro atoms.